The third-order valence-corrected chi connectivity index (χ3v) is 4.07. The zero-order valence-electron chi connectivity index (χ0n) is 10.6. The maximum Gasteiger partial charge on any atom is 0.208 e. The summed E-state index contributed by atoms with van der Waals surface area (Å²) in [5.41, 5.74) is 0.618. The second kappa shape index (κ2) is 3.95. The number of phenols is 1. The number of allylic oxidation sites excluding steroid dienone is 2. The molecule has 0 saturated carbocycles. The molecule has 0 bridgehead atoms. The number of carbonyl (C=O) groups excluding carboxylic acids is 2. The van der Waals surface area contributed by atoms with Gasteiger partial charge in [-0.1, -0.05) is 12.1 Å². The van der Waals surface area contributed by atoms with E-state index in [-0.39, 0.29) is 29.5 Å². The topological polar surface area (TPSA) is 63.6 Å². The van der Waals surface area contributed by atoms with Crippen LogP contribution in [0, 0.1) is 0 Å². The fraction of sp³-hybridized carbons (Fsp3) is 0.333. The third kappa shape index (κ3) is 1.52. The number of fused-ring (bicyclic) bond motifs is 2. The molecule has 1 N–H and O–H groups in total. The molecule has 4 nitrogen and oxygen atoms in total. The van der Waals surface area contributed by atoms with Crippen molar-refractivity contribution in [2.45, 2.75) is 24.7 Å². The zero-order valence-corrected chi connectivity index (χ0v) is 10.6. The highest BCUT2D eigenvalue weighted by Crippen LogP contribution is 2.49. The molecule has 19 heavy (non-hydrogen) atoms. The van der Waals surface area contributed by atoms with Crippen LogP contribution >= 0.6 is 0 Å². The van der Waals surface area contributed by atoms with Crippen LogP contribution in [0.2, 0.25) is 0 Å². The van der Waals surface area contributed by atoms with E-state index < -0.39 is 5.41 Å². The minimum atomic E-state index is -0.933. The fourth-order valence-electron chi connectivity index (χ4n) is 3.25. The molecule has 0 fully saturated rings. The van der Waals surface area contributed by atoms with E-state index in [1.54, 1.807) is 12.1 Å². The Morgan fingerprint density at radius 3 is 2.84 bits per heavy atom. The first-order chi connectivity index (χ1) is 9.08. The van der Waals surface area contributed by atoms with Crippen LogP contribution in [-0.4, -0.2) is 23.8 Å². The highest BCUT2D eigenvalue weighted by Gasteiger charge is 2.51. The van der Waals surface area contributed by atoms with Gasteiger partial charge in [-0.25, -0.2) is 0 Å². The van der Waals surface area contributed by atoms with Crippen LogP contribution in [0.1, 0.15) is 24.0 Å². The summed E-state index contributed by atoms with van der Waals surface area (Å²) >= 11 is 0. The Kier molecular flexibility index (Phi) is 2.49. The first kappa shape index (κ1) is 12.0. The summed E-state index contributed by atoms with van der Waals surface area (Å²) in [4.78, 5) is 24.5. The number of Topliss-reactive ketones (excluding diaryl/α,β-unsaturated/α-hetero) is 1. The Labute approximate surface area is 110 Å². The van der Waals surface area contributed by atoms with Gasteiger partial charge in [0, 0.05) is 18.1 Å². The number of ether oxygens (including phenoxy) is 1. The minimum absolute atomic E-state index is 0.0901. The van der Waals surface area contributed by atoms with Crippen LogP contribution in [0.15, 0.2) is 30.0 Å². The van der Waals surface area contributed by atoms with Gasteiger partial charge < -0.3 is 9.84 Å². The van der Waals surface area contributed by atoms with E-state index in [9.17, 15) is 14.7 Å². The molecular weight excluding hydrogens is 244 g/mol. The molecule has 3 rings (SSSR count). The highest BCUT2D eigenvalue weighted by molar-refractivity contribution is 6.13. The van der Waals surface area contributed by atoms with E-state index in [1.165, 1.54) is 13.2 Å². The van der Waals surface area contributed by atoms with E-state index >= 15 is 0 Å². The van der Waals surface area contributed by atoms with Gasteiger partial charge in [0.15, 0.2) is 11.5 Å². The van der Waals surface area contributed by atoms with Gasteiger partial charge in [0.05, 0.1) is 12.5 Å². The molecule has 1 aromatic carbocycles. The third-order valence-electron chi connectivity index (χ3n) is 4.07. The van der Waals surface area contributed by atoms with Gasteiger partial charge in [0.25, 0.3) is 0 Å². The van der Waals surface area contributed by atoms with Crippen molar-refractivity contribution in [2.75, 3.05) is 7.11 Å². The Morgan fingerprint density at radius 2 is 2.11 bits per heavy atom. The standard InChI is InChI=1S/C15H14O4/c1-19-12-7-10(16)8-15(14(12)18)6-5-9-3-2-4-11(17)13(9)15/h2-4,7,17H,5-6,8H2,1H3/t15-/m0/s1. The summed E-state index contributed by atoms with van der Waals surface area (Å²) in [7, 11) is 1.39. The number of carbonyl (C=O) groups is 2. The van der Waals surface area contributed by atoms with E-state index in [1.807, 2.05) is 6.07 Å². The van der Waals surface area contributed by atoms with Crippen LogP contribution in [0.5, 0.6) is 5.75 Å². The van der Waals surface area contributed by atoms with Crippen molar-refractivity contribution in [3.05, 3.63) is 41.2 Å². The van der Waals surface area contributed by atoms with E-state index in [0.29, 0.717) is 18.4 Å². The summed E-state index contributed by atoms with van der Waals surface area (Å²) in [5, 5.41) is 10.1. The Bertz CT molecular complexity index is 615. The van der Waals surface area contributed by atoms with Crippen molar-refractivity contribution in [3.8, 4) is 5.75 Å². The van der Waals surface area contributed by atoms with Gasteiger partial charge in [0.2, 0.25) is 5.78 Å². The molecule has 2 aliphatic carbocycles. The highest BCUT2D eigenvalue weighted by atomic mass is 16.5. The SMILES string of the molecule is COC1=CC(=O)C[C@]2(CCc3cccc(O)c32)C1=O. The number of ketones is 2. The van der Waals surface area contributed by atoms with Crippen LogP contribution in [0.3, 0.4) is 0 Å². The van der Waals surface area contributed by atoms with Gasteiger partial charge in [-0.2, -0.15) is 0 Å². The molecule has 0 amide bonds. The van der Waals surface area contributed by atoms with Crippen LogP contribution in [0.25, 0.3) is 0 Å². The first-order valence-corrected chi connectivity index (χ1v) is 6.23. The molecule has 1 aromatic rings. The van der Waals surface area contributed by atoms with E-state index in [2.05, 4.69) is 0 Å². The van der Waals surface area contributed by atoms with Crippen molar-refractivity contribution in [1.82, 2.24) is 0 Å². The summed E-state index contributed by atoms with van der Waals surface area (Å²) in [6.45, 7) is 0. The Balaban J connectivity index is 2.21. The largest absolute Gasteiger partial charge is 0.508 e. The fourth-order valence-corrected chi connectivity index (χ4v) is 3.25. The number of aromatic hydroxyl groups is 1. The van der Waals surface area contributed by atoms with Crippen molar-refractivity contribution in [2.24, 2.45) is 0 Å². The monoisotopic (exact) mass is 258 g/mol. The predicted octanol–water partition coefficient (Wildman–Crippen LogP) is 1.65. The summed E-state index contributed by atoms with van der Waals surface area (Å²) in [6, 6.07) is 5.22. The molecule has 1 spiro atoms. The maximum absolute atomic E-state index is 12.6. The van der Waals surface area contributed by atoms with E-state index in [0.717, 1.165) is 5.56 Å². The number of hydrogen-bond acceptors (Lipinski definition) is 4. The van der Waals surface area contributed by atoms with E-state index in [4.69, 9.17) is 4.74 Å². The quantitative estimate of drug-likeness (QED) is 0.832. The van der Waals surface area contributed by atoms with Crippen molar-refractivity contribution in [3.63, 3.8) is 0 Å². The average Bonchev–Trinajstić information content (AvgIpc) is 2.75. The van der Waals surface area contributed by atoms with Crippen LogP contribution < -0.4 is 0 Å². The van der Waals surface area contributed by atoms with Gasteiger partial charge in [-0.05, 0) is 24.5 Å². The smallest absolute Gasteiger partial charge is 0.208 e. The molecule has 1 atom stereocenters. The lowest BCUT2D eigenvalue weighted by molar-refractivity contribution is -0.130. The first-order valence-electron chi connectivity index (χ1n) is 6.23. The van der Waals surface area contributed by atoms with Crippen molar-refractivity contribution < 1.29 is 19.4 Å². The molecule has 0 aromatic heterocycles. The molecule has 98 valence electrons. The number of aryl methyl sites for hydroxylation is 1. The molecule has 0 unspecified atom stereocenters. The number of rotatable bonds is 1. The summed E-state index contributed by atoms with van der Waals surface area (Å²) in [6.07, 6.45) is 2.61. The normalized spacial score (nSPS) is 25.4. The Morgan fingerprint density at radius 1 is 1.32 bits per heavy atom. The lowest BCUT2D eigenvalue weighted by atomic mass is 9.70. The number of hydrogen-bond donors (Lipinski definition) is 1. The Hall–Kier alpha value is -2.10. The molecule has 0 radical (unpaired) electrons. The molecule has 4 heteroatoms. The predicted molar refractivity (Wildman–Crippen MR) is 67.8 cm³/mol. The second-order valence-electron chi connectivity index (χ2n) is 5.08. The van der Waals surface area contributed by atoms with Crippen molar-refractivity contribution in [1.29, 1.82) is 0 Å². The molecule has 0 heterocycles. The van der Waals surface area contributed by atoms with Crippen LogP contribution in [-0.2, 0) is 26.2 Å². The van der Waals surface area contributed by atoms with Gasteiger partial charge in [-0.15, -0.1) is 0 Å². The molecule has 0 aliphatic heterocycles. The molecule has 0 saturated heterocycles. The van der Waals surface area contributed by atoms with Crippen molar-refractivity contribution >= 4 is 11.6 Å². The molecular formula is C15H14O4. The zero-order chi connectivity index (χ0) is 13.6. The summed E-state index contributed by atoms with van der Waals surface area (Å²) in [5.74, 6) is -0.150. The second-order valence-corrected chi connectivity index (χ2v) is 5.08. The maximum atomic E-state index is 12.6. The lowest BCUT2D eigenvalue weighted by Crippen LogP contribution is -2.40. The average molecular weight is 258 g/mol. The van der Waals surface area contributed by atoms with Gasteiger partial charge >= 0.3 is 0 Å². The van der Waals surface area contributed by atoms with Crippen LogP contribution in [0.4, 0.5) is 0 Å². The number of benzene rings is 1. The summed E-state index contributed by atoms with van der Waals surface area (Å²) < 4.78 is 5.02. The van der Waals surface area contributed by atoms with Gasteiger partial charge in [-0.3, -0.25) is 9.59 Å². The lowest BCUT2D eigenvalue weighted by Gasteiger charge is -2.31. The number of phenolic OH excluding ortho intramolecular Hbond substituents is 1. The minimum Gasteiger partial charge on any atom is -0.508 e. The number of methoxy groups -OCH3 is 1. The molecule has 2 aliphatic rings. The van der Waals surface area contributed by atoms with Gasteiger partial charge in [0.1, 0.15) is 5.75 Å².